The van der Waals surface area contributed by atoms with Gasteiger partial charge < -0.3 is 15.3 Å². The molecule has 2 atom stereocenters. The molecular weight excluding hydrogens is 296 g/mol. The van der Waals surface area contributed by atoms with E-state index in [2.05, 4.69) is 0 Å². The van der Waals surface area contributed by atoms with Gasteiger partial charge in [-0.3, -0.25) is 9.59 Å². The second kappa shape index (κ2) is 14.2. The Hall–Kier alpha value is -1.46. The fraction of sp³-hybridized carbons (Fsp3) is 0.667. The molecule has 132 valence electrons. The molecule has 0 amide bonds. The number of carboxylic acid groups (broad SMARTS) is 1. The molecule has 0 aromatic heterocycles. The van der Waals surface area contributed by atoms with E-state index < -0.39 is 18.2 Å². The van der Waals surface area contributed by atoms with Gasteiger partial charge in [0.05, 0.1) is 12.2 Å². The molecule has 2 unspecified atom stereocenters. The van der Waals surface area contributed by atoms with Crippen molar-refractivity contribution in [1.29, 1.82) is 0 Å². The van der Waals surface area contributed by atoms with E-state index in [9.17, 15) is 19.8 Å². The van der Waals surface area contributed by atoms with E-state index in [4.69, 9.17) is 5.11 Å². The lowest BCUT2D eigenvalue weighted by atomic mass is 10.1. The van der Waals surface area contributed by atoms with Gasteiger partial charge in [-0.15, -0.1) is 0 Å². The highest BCUT2D eigenvalue weighted by atomic mass is 16.4. The number of carbonyl (C=O) groups is 2. The Labute approximate surface area is 138 Å². The largest absolute Gasteiger partial charge is 0.481 e. The van der Waals surface area contributed by atoms with Crippen molar-refractivity contribution in [2.75, 3.05) is 0 Å². The summed E-state index contributed by atoms with van der Waals surface area (Å²) in [6.07, 6.45) is 10.5. The molecule has 0 aliphatic heterocycles. The van der Waals surface area contributed by atoms with Gasteiger partial charge in [-0.2, -0.15) is 0 Å². The van der Waals surface area contributed by atoms with E-state index >= 15 is 0 Å². The number of allylic oxidation sites excluding steroid dienone is 2. The Bertz CT molecular complexity index is 387. The van der Waals surface area contributed by atoms with Gasteiger partial charge in [-0.05, 0) is 31.8 Å². The predicted molar refractivity (Wildman–Crippen MR) is 90.2 cm³/mol. The van der Waals surface area contributed by atoms with Crippen LogP contribution in [-0.2, 0) is 9.59 Å². The number of carboxylic acids is 1. The molecule has 0 fully saturated rings. The number of carbonyl (C=O) groups excluding carboxylic acids is 1. The highest BCUT2D eigenvalue weighted by Crippen LogP contribution is 2.08. The first-order valence-electron chi connectivity index (χ1n) is 8.41. The average molecular weight is 326 g/mol. The number of ketones is 1. The monoisotopic (exact) mass is 326 g/mol. The Morgan fingerprint density at radius 3 is 2.17 bits per heavy atom. The molecule has 0 aromatic carbocycles. The molecule has 0 radical (unpaired) electrons. The third-order valence-electron chi connectivity index (χ3n) is 3.47. The average Bonchev–Trinajstić information content (AvgIpc) is 2.51. The van der Waals surface area contributed by atoms with Gasteiger partial charge in [0.1, 0.15) is 0 Å². The first-order valence-corrected chi connectivity index (χ1v) is 8.41. The number of aliphatic hydroxyl groups is 2. The van der Waals surface area contributed by atoms with Crippen LogP contribution in [0.5, 0.6) is 0 Å². The first kappa shape index (κ1) is 21.5. The van der Waals surface area contributed by atoms with E-state index in [-0.39, 0.29) is 12.2 Å². The summed E-state index contributed by atoms with van der Waals surface area (Å²) in [5.74, 6) is -0.831. The summed E-state index contributed by atoms with van der Waals surface area (Å²) in [4.78, 5) is 22.0. The Morgan fingerprint density at radius 1 is 0.957 bits per heavy atom. The van der Waals surface area contributed by atoms with Crippen molar-refractivity contribution in [2.24, 2.45) is 0 Å². The summed E-state index contributed by atoms with van der Waals surface area (Å²) in [6, 6.07) is 0. The van der Waals surface area contributed by atoms with Crippen LogP contribution in [0.25, 0.3) is 0 Å². The number of hydrogen-bond donors (Lipinski definition) is 3. The van der Waals surface area contributed by atoms with Crippen LogP contribution in [0.4, 0.5) is 0 Å². The second-order valence-electron chi connectivity index (χ2n) is 5.66. The van der Waals surface area contributed by atoms with Crippen LogP contribution < -0.4 is 0 Å². The normalized spacial score (nSPS) is 14.4. The molecule has 0 spiro atoms. The number of rotatable bonds is 14. The van der Waals surface area contributed by atoms with Crippen molar-refractivity contribution in [3.8, 4) is 0 Å². The molecule has 0 aromatic rings. The first-order chi connectivity index (χ1) is 11.0. The molecule has 3 N–H and O–H groups in total. The molecule has 0 saturated heterocycles. The summed E-state index contributed by atoms with van der Waals surface area (Å²) >= 11 is 0. The highest BCUT2D eigenvalue weighted by molar-refractivity contribution is 5.89. The molecule has 0 heterocycles. The van der Waals surface area contributed by atoms with Gasteiger partial charge in [-0.25, -0.2) is 0 Å². The Balaban J connectivity index is 3.75. The minimum Gasteiger partial charge on any atom is -0.481 e. The van der Waals surface area contributed by atoms with Crippen molar-refractivity contribution >= 4 is 11.8 Å². The molecule has 5 heteroatoms. The zero-order chi connectivity index (χ0) is 17.5. The summed E-state index contributed by atoms with van der Waals surface area (Å²) in [5, 5.41) is 27.9. The van der Waals surface area contributed by atoms with Crippen molar-refractivity contribution in [3.63, 3.8) is 0 Å². The maximum Gasteiger partial charge on any atom is 0.303 e. The molecule has 0 saturated carbocycles. The van der Waals surface area contributed by atoms with Crippen molar-refractivity contribution in [2.45, 2.75) is 76.9 Å². The molecule has 0 aliphatic carbocycles. The molecule has 23 heavy (non-hydrogen) atoms. The fourth-order valence-corrected chi connectivity index (χ4v) is 2.07. The van der Waals surface area contributed by atoms with Gasteiger partial charge in [-0.1, -0.05) is 44.4 Å². The van der Waals surface area contributed by atoms with Crippen molar-refractivity contribution in [3.05, 3.63) is 24.3 Å². The van der Waals surface area contributed by atoms with Gasteiger partial charge in [0.25, 0.3) is 0 Å². The molecule has 0 aliphatic rings. The molecular formula is C18H30O5. The lowest BCUT2D eigenvalue weighted by Crippen LogP contribution is -2.23. The number of aliphatic hydroxyl groups excluding tert-OH is 2. The van der Waals surface area contributed by atoms with Crippen molar-refractivity contribution < 1.29 is 24.9 Å². The zero-order valence-corrected chi connectivity index (χ0v) is 14.0. The van der Waals surface area contributed by atoms with Crippen LogP contribution in [-0.4, -0.2) is 39.3 Å². The quantitative estimate of drug-likeness (QED) is 0.259. The van der Waals surface area contributed by atoms with Gasteiger partial charge in [0.2, 0.25) is 0 Å². The topological polar surface area (TPSA) is 94.8 Å². The third-order valence-corrected chi connectivity index (χ3v) is 3.47. The summed E-state index contributed by atoms with van der Waals surface area (Å²) in [7, 11) is 0. The lowest BCUT2D eigenvalue weighted by Gasteiger charge is -2.11. The van der Waals surface area contributed by atoms with Crippen LogP contribution in [0.15, 0.2) is 24.3 Å². The number of hydrogen-bond acceptors (Lipinski definition) is 4. The minimum absolute atomic E-state index is 0.0640. The molecule has 5 nitrogen and oxygen atoms in total. The lowest BCUT2D eigenvalue weighted by molar-refractivity contribution is -0.137. The number of aliphatic carboxylic acids is 1. The standard InChI is InChI=1S/C18H30O5/c1-2-3-7-11-16(20)17(21)14-13-15(19)10-8-5-4-6-9-12-18(22)23/h3,7,13-14,16-17,20-21H,2,4-6,8-12H2,1H3,(H,22,23). The van der Waals surface area contributed by atoms with Crippen LogP contribution in [0, 0.1) is 0 Å². The smallest absolute Gasteiger partial charge is 0.303 e. The van der Waals surface area contributed by atoms with E-state index in [1.807, 2.05) is 19.1 Å². The number of unbranched alkanes of at least 4 members (excludes halogenated alkanes) is 4. The summed E-state index contributed by atoms with van der Waals surface area (Å²) < 4.78 is 0. The third kappa shape index (κ3) is 13.9. The van der Waals surface area contributed by atoms with Crippen LogP contribution in [0.3, 0.4) is 0 Å². The predicted octanol–water partition coefficient (Wildman–Crippen LogP) is 3.01. The maximum absolute atomic E-state index is 11.6. The summed E-state index contributed by atoms with van der Waals surface area (Å²) in [5.41, 5.74) is 0. The second-order valence-corrected chi connectivity index (χ2v) is 5.66. The minimum atomic E-state index is -1.03. The fourth-order valence-electron chi connectivity index (χ4n) is 2.07. The SMILES string of the molecule is CCC=CCC(O)C(O)C=CC(=O)CCCCCCCC(=O)O. The van der Waals surface area contributed by atoms with E-state index in [0.29, 0.717) is 19.3 Å². The maximum atomic E-state index is 11.6. The van der Waals surface area contributed by atoms with Crippen LogP contribution in [0.2, 0.25) is 0 Å². The van der Waals surface area contributed by atoms with E-state index in [0.717, 1.165) is 32.1 Å². The van der Waals surface area contributed by atoms with E-state index in [1.54, 1.807) is 0 Å². The van der Waals surface area contributed by atoms with Gasteiger partial charge in [0.15, 0.2) is 5.78 Å². The summed E-state index contributed by atoms with van der Waals surface area (Å²) in [6.45, 7) is 1.99. The van der Waals surface area contributed by atoms with Crippen LogP contribution in [0.1, 0.15) is 64.7 Å². The molecule has 0 bridgehead atoms. The van der Waals surface area contributed by atoms with Gasteiger partial charge >= 0.3 is 5.97 Å². The zero-order valence-electron chi connectivity index (χ0n) is 14.0. The highest BCUT2D eigenvalue weighted by Gasteiger charge is 2.11. The molecule has 0 rings (SSSR count). The van der Waals surface area contributed by atoms with E-state index in [1.165, 1.54) is 12.2 Å². The van der Waals surface area contributed by atoms with Crippen molar-refractivity contribution in [1.82, 2.24) is 0 Å². The Morgan fingerprint density at radius 2 is 1.57 bits per heavy atom. The Kier molecular flexibility index (Phi) is 13.3. The van der Waals surface area contributed by atoms with Crippen LogP contribution >= 0.6 is 0 Å². The van der Waals surface area contributed by atoms with Gasteiger partial charge in [0, 0.05) is 12.8 Å².